The van der Waals surface area contributed by atoms with E-state index >= 15 is 0 Å². The lowest BCUT2D eigenvalue weighted by Gasteiger charge is -2.25. The standard InChI is InChI=1S/C24H26FN3O3/c1-2-27-23(30)19-9-5-6-10-20(19)28(24(27)31)15-21(29)26-22(16-7-3-4-8-16)17-11-13-18(25)14-12-17/h5-6,9-14,16,22H,2-4,7-8,15H2,1H3,(H,26,29)/t22-/m0/s1. The van der Waals surface area contributed by atoms with Crippen LogP contribution in [-0.4, -0.2) is 15.0 Å². The Morgan fingerprint density at radius 2 is 1.74 bits per heavy atom. The molecule has 1 aromatic heterocycles. The first kappa shape index (κ1) is 21.0. The number of aromatic nitrogens is 2. The lowest BCUT2D eigenvalue weighted by molar-refractivity contribution is -0.122. The molecule has 1 aliphatic carbocycles. The van der Waals surface area contributed by atoms with Crippen LogP contribution in [0.2, 0.25) is 0 Å². The predicted octanol–water partition coefficient (Wildman–Crippen LogP) is 3.37. The number of fused-ring (bicyclic) bond motifs is 1. The summed E-state index contributed by atoms with van der Waals surface area (Å²) < 4.78 is 15.9. The van der Waals surface area contributed by atoms with Crippen LogP contribution < -0.4 is 16.6 Å². The normalized spacial score (nSPS) is 15.3. The van der Waals surface area contributed by atoms with Crippen molar-refractivity contribution < 1.29 is 9.18 Å². The number of hydrogen-bond acceptors (Lipinski definition) is 3. The predicted molar refractivity (Wildman–Crippen MR) is 117 cm³/mol. The molecule has 1 aliphatic rings. The molecule has 7 heteroatoms. The second kappa shape index (κ2) is 8.88. The van der Waals surface area contributed by atoms with Crippen LogP contribution in [0.4, 0.5) is 4.39 Å². The van der Waals surface area contributed by atoms with E-state index in [1.807, 2.05) is 0 Å². The Hall–Kier alpha value is -3.22. The minimum atomic E-state index is -0.499. The van der Waals surface area contributed by atoms with E-state index < -0.39 is 5.69 Å². The molecule has 162 valence electrons. The largest absolute Gasteiger partial charge is 0.347 e. The Kier molecular flexibility index (Phi) is 6.02. The highest BCUT2D eigenvalue weighted by Gasteiger charge is 2.28. The second-order valence-electron chi connectivity index (χ2n) is 8.08. The zero-order valence-electron chi connectivity index (χ0n) is 17.5. The molecule has 3 aromatic rings. The van der Waals surface area contributed by atoms with Gasteiger partial charge in [-0.2, -0.15) is 0 Å². The van der Waals surface area contributed by atoms with E-state index in [4.69, 9.17) is 0 Å². The number of nitrogens with one attached hydrogen (secondary N) is 1. The van der Waals surface area contributed by atoms with Crippen LogP contribution in [0.1, 0.15) is 44.2 Å². The summed E-state index contributed by atoms with van der Waals surface area (Å²) in [7, 11) is 0. The quantitative estimate of drug-likeness (QED) is 0.661. The average Bonchev–Trinajstić information content (AvgIpc) is 3.31. The van der Waals surface area contributed by atoms with E-state index in [1.54, 1.807) is 43.3 Å². The van der Waals surface area contributed by atoms with Gasteiger partial charge in [-0.05, 0) is 55.5 Å². The fraction of sp³-hybridized carbons (Fsp3) is 0.375. The molecule has 4 rings (SSSR count). The number of amides is 1. The third-order valence-electron chi connectivity index (χ3n) is 6.17. The summed E-state index contributed by atoms with van der Waals surface area (Å²) in [5, 5.41) is 3.48. The first-order valence-electron chi connectivity index (χ1n) is 10.8. The van der Waals surface area contributed by atoms with E-state index in [0.717, 1.165) is 35.8 Å². The molecule has 2 aromatic carbocycles. The van der Waals surface area contributed by atoms with Gasteiger partial charge in [-0.15, -0.1) is 0 Å². The van der Waals surface area contributed by atoms with E-state index in [-0.39, 0.29) is 42.3 Å². The maximum absolute atomic E-state index is 13.4. The Morgan fingerprint density at radius 3 is 2.42 bits per heavy atom. The number of carbonyl (C=O) groups is 1. The summed E-state index contributed by atoms with van der Waals surface area (Å²) in [4.78, 5) is 38.6. The van der Waals surface area contributed by atoms with Crippen LogP contribution >= 0.6 is 0 Å². The summed E-state index contributed by atoms with van der Waals surface area (Å²) in [6.07, 6.45) is 4.19. The van der Waals surface area contributed by atoms with Crippen LogP contribution in [0.5, 0.6) is 0 Å². The summed E-state index contributed by atoms with van der Waals surface area (Å²) >= 11 is 0. The smallest absolute Gasteiger partial charge is 0.331 e. The Labute approximate surface area is 179 Å². The van der Waals surface area contributed by atoms with Crippen LogP contribution in [0.15, 0.2) is 58.1 Å². The van der Waals surface area contributed by atoms with Crippen molar-refractivity contribution in [1.29, 1.82) is 0 Å². The lowest BCUT2D eigenvalue weighted by atomic mass is 9.91. The summed E-state index contributed by atoms with van der Waals surface area (Å²) in [6, 6.07) is 12.8. The molecule has 1 heterocycles. The first-order chi connectivity index (χ1) is 15.0. The molecule has 1 atom stereocenters. The molecular formula is C24H26FN3O3. The molecule has 0 bridgehead atoms. The minimum Gasteiger partial charge on any atom is -0.347 e. The third-order valence-corrected chi connectivity index (χ3v) is 6.17. The number of hydrogen-bond donors (Lipinski definition) is 1. The molecule has 0 spiro atoms. The van der Waals surface area contributed by atoms with E-state index in [0.29, 0.717) is 10.9 Å². The van der Waals surface area contributed by atoms with Crippen molar-refractivity contribution in [3.8, 4) is 0 Å². The van der Waals surface area contributed by atoms with Gasteiger partial charge in [0.1, 0.15) is 12.4 Å². The van der Waals surface area contributed by atoms with Crippen LogP contribution in [0.3, 0.4) is 0 Å². The zero-order valence-corrected chi connectivity index (χ0v) is 17.5. The zero-order chi connectivity index (χ0) is 22.0. The van der Waals surface area contributed by atoms with Gasteiger partial charge in [-0.25, -0.2) is 9.18 Å². The molecule has 1 saturated carbocycles. The molecule has 0 unspecified atom stereocenters. The Balaban J connectivity index is 1.67. The highest BCUT2D eigenvalue weighted by atomic mass is 19.1. The molecule has 0 radical (unpaired) electrons. The van der Waals surface area contributed by atoms with Gasteiger partial charge < -0.3 is 5.32 Å². The van der Waals surface area contributed by atoms with Gasteiger partial charge in [0, 0.05) is 6.54 Å². The molecule has 1 N–H and O–H groups in total. The number of carbonyl (C=O) groups excluding carboxylic acids is 1. The Bertz CT molecular complexity index is 1210. The number of para-hydroxylation sites is 1. The van der Waals surface area contributed by atoms with Crippen molar-refractivity contribution in [3.63, 3.8) is 0 Å². The topological polar surface area (TPSA) is 73.1 Å². The van der Waals surface area contributed by atoms with E-state index in [9.17, 15) is 18.8 Å². The van der Waals surface area contributed by atoms with Crippen molar-refractivity contribution in [2.45, 2.75) is 51.7 Å². The van der Waals surface area contributed by atoms with Gasteiger partial charge in [-0.1, -0.05) is 37.1 Å². The molecule has 1 amide bonds. The van der Waals surface area contributed by atoms with E-state index in [1.165, 1.54) is 16.7 Å². The van der Waals surface area contributed by atoms with Crippen molar-refractivity contribution in [2.24, 2.45) is 5.92 Å². The summed E-state index contributed by atoms with van der Waals surface area (Å²) in [5.74, 6) is -0.359. The molecule has 1 fully saturated rings. The summed E-state index contributed by atoms with van der Waals surface area (Å²) in [5.41, 5.74) is 0.449. The fourth-order valence-corrected chi connectivity index (χ4v) is 4.60. The maximum Gasteiger partial charge on any atom is 0.331 e. The monoisotopic (exact) mass is 423 g/mol. The van der Waals surface area contributed by atoms with Gasteiger partial charge in [0.2, 0.25) is 5.91 Å². The van der Waals surface area contributed by atoms with Crippen molar-refractivity contribution in [2.75, 3.05) is 0 Å². The van der Waals surface area contributed by atoms with Crippen molar-refractivity contribution in [3.05, 3.63) is 80.7 Å². The molecule has 6 nitrogen and oxygen atoms in total. The van der Waals surface area contributed by atoms with Gasteiger partial charge in [-0.3, -0.25) is 18.7 Å². The SMILES string of the molecule is CCn1c(=O)c2ccccc2n(CC(=O)N[C@H](c2ccc(F)cc2)C2CCCC2)c1=O. The molecular weight excluding hydrogens is 397 g/mol. The average molecular weight is 423 g/mol. The fourth-order valence-electron chi connectivity index (χ4n) is 4.60. The lowest BCUT2D eigenvalue weighted by Crippen LogP contribution is -2.43. The highest BCUT2D eigenvalue weighted by molar-refractivity contribution is 5.81. The molecule has 31 heavy (non-hydrogen) atoms. The van der Waals surface area contributed by atoms with Crippen LogP contribution in [0.25, 0.3) is 10.9 Å². The number of benzene rings is 2. The van der Waals surface area contributed by atoms with Gasteiger partial charge in [0.05, 0.1) is 16.9 Å². The van der Waals surface area contributed by atoms with Crippen LogP contribution in [-0.2, 0) is 17.9 Å². The first-order valence-corrected chi connectivity index (χ1v) is 10.8. The van der Waals surface area contributed by atoms with E-state index in [2.05, 4.69) is 5.32 Å². The number of halogens is 1. The maximum atomic E-state index is 13.4. The Morgan fingerprint density at radius 1 is 1.06 bits per heavy atom. The molecule has 0 aliphatic heterocycles. The third kappa shape index (κ3) is 4.17. The van der Waals surface area contributed by atoms with Gasteiger partial charge in [0.15, 0.2) is 0 Å². The van der Waals surface area contributed by atoms with Crippen molar-refractivity contribution >= 4 is 16.8 Å². The number of nitrogens with zero attached hydrogens (tertiary/aromatic N) is 2. The van der Waals surface area contributed by atoms with Crippen molar-refractivity contribution in [1.82, 2.24) is 14.5 Å². The minimum absolute atomic E-state index is 0.190. The summed E-state index contributed by atoms with van der Waals surface area (Å²) in [6.45, 7) is 1.76. The molecule has 0 saturated heterocycles. The second-order valence-corrected chi connectivity index (χ2v) is 8.08. The van der Waals surface area contributed by atoms with Crippen LogP contribution in [0, 0.1) is 11.7 Å². The number of rotatable bonds is 6. The van der Waals surface area contributed by atoms with Gasteiger partial charge in [0.25, 0.3) is 5.56 Å². The van der Waals surface area contributed by atoms with Gasteiger partial charge >= 0.3 is 5.69 Å². The highest BCUT2D eigenvalue weighted by Crippen LogP contribution is 2.35.